The molecule has 1 aromatic rings. The molecule has 3 heteroatoms. The Morgan fingerprint density at radius 1 is 1.44 bits per heavy atom. The third kappa shape index (κ3) is 4.03. The molecule has 0 amide bonds. The van der Waals surface area contributed by atoms with Gasteiger partial charge in [-0.3, -0.25) is 0 Å². The zero-order valence-electron chi connectivity index (χ0n) is 10.2. The van der Waals surface area contributed by atoms with E-state index in [1.54, 1.807) is 7.11 Å². The van der Waals surface area contributed by atoms with E-state index in [0.717, 1.165) is 30.2 Å². The van der Waals surface area contributed by atoms with E-state index < -0.39 is 0 Å². The van der Waals surface area contributed by atoms with Gasteiger partial charge in [-0.1, -0.05) is 18.5 Å². The Morgan fingerprint density at radius 3 is 2.81 bits per heavy atom. The fraction of sp³-hybridized carbons (Fsp3) is 0.538. The third-order valence-corrected chi connectivity index (χ3v) is 2.93. The molecule has 90 valence electrons. The van der Waals surface area contributed by atoms with Crippen LogP contribution in [0.2, 0.25) is 5.02 Å². The Labute approximate surface area is 103 Å². The van der Waals surface area contributed by atoms with Gasteiger partial charge in [-0.25, -0.2) is 0 Å². The standard InChI is InChI=1S/C13H20ClNO/c1-10(6-7-15-2)8-11-9-12(14)4-5-13(11)16-3/h4-5,9-10,15H,6-8H2,1-3H3. The van der Waals surface area contributed by atoms with Gasteiger partial charge in [0, 0.05) is 5.02 Å². The summed E-state index contributed by atoms with van der Waals surface area (Å²) in [6.07, 6.45) is 2.16. The van der Waals surface area contributed by atoms with Gasteiger partial charge in [-0.15, -0.1) is 0 Å². The van der Waals surface area contributed by atoms with Gasteiger partial charge in [-0.05, 0) is 56.1 Å². The van der Waals surface area contributed by atoms with E-state index in [2.05, 4.69) is 12.2 Å². The van der Waals surface area contributed by atoms with Gasteiger partial charge in [0.25, 0.3) is 0 Å². The summed E-state index contributed by atoms with van der Waals surface area (Å²) < 4.78 is 5.33. The summed E-state index contributed by atoms with van der Waals surface area (Å²) in [6, 6.07) is 5.79. The molecule has 1 rings (SSSR count). The zero-order chi connectivity index (χ0) is 12.0. The second-order valence-electron chi connectivity index (χ2n) is 4.16. The van der Waals surface area contributed by atoms with Crippen LogP contribution in [0.3, 0.4) is 0 Å². The van der Waals surface area contributed by atoms with Crippen molar-refractivity contribution in [3.05, 3.63) is 28.8 Å². The SMILES string of the molecule is CNCCC(C)Cc1cc(Cl)ccc1OC. The smallest absolute Gasteiger partial charge is 0.122 e. The maximum absolute atomic E-state index is 5.99. The lowest BCUT2D eigenvalue weighted by Gasteiger charge is -2.14. The maximum atomic E-state index is 5.99. The molecular formula is C13H20ClNO. The van der Waals surface area contributed by atoms with Crippen molar-refractivity contribution >= 4 is 11.6 Å². The topological polar surface area (TPSA) is 21.3 Å². The van der Waals surface area contributed by atoms with Crippen molar-refractivity contribution in [1.29, 1.82) is 0 Å². The Bertz CT molecular complexity index is 328. The number of halogens is 1. The predicted molar refractivity (Wildman–Crippen MR) is 69.4 cm³/mol. The molecule has 0 aliphatic carbocycles. The Kier molecular flexibility index (Phi) is 5.64. The van der Waals surface area contributed by atoms with Crippen molar-refractivity contribution in [2.45, 2.75) is 19.8 Å². The van der Waals surface area contributed by atoms with Crippen LogP contribution in [0.15, 0.2) is 18.2 Å². The van der Waals surface area contributed by atoms with Crippen molar-refractivity contribution in [3.8, 4) is 5.75 Å². The molecule has 2 nitrogen and oxygen atoms in total. The minimum atomic E-state index is 0.625. The lowest BCUT2D eigenvalue weighted by atomic mass is 9.97. The van der Waals surface area contributed by atoms with Gasteiger partial charge in [0.15, 0.2) is 0 Å². The largest absolute Gasteiger partial charge is 0.496 e. The van der Waals surface area contributed by atoms with Crippen molar-refractivity contribution in [2.24, 2.45) is 5.92 Å². The van der Waals surface area contributed by atoms with Crippen LogP contribution in [-0.2, 0) is 6.42 Å². The number of nitrogens with one attached hydrogen (secondary N) is 1. The van der Waals surface area contributed by atoms with E-state index in [1.807, 2.05) is 25.2 Å². The molecule has 16 heavy (non-hydrogen) atoms. The van der Waals surface area contributed by atoms with Crippen LogP contribution in [0.1, 0.15) is 18.9 Å². The normalized spacial score (nSPS) is 12.5. The number of hydrogen-bond donors (Lipinski definition) is 1. The first-order chi connectivity index (χ1) is 7.67. The fourth-order valence-corrected chi connectivity index (χ4v) is 1.97. The average Bonchev–Trinajstić information content (AvgIpc) is 2.27. The van der Waals surface area contributed by atoms with Gasteiger partial charge >= 0.3 is 0 Å². The minimum Gasteiger partial charge on any atom is -0.496 e. The Morgan fingerprint density at radius 2 is 2.19 bits per heavy atom. The van der Waals surface area contributed by atoms with E-state index >= 15 is 0 Å². The highest BCUT2D eigenvalue weighted by atomic mass is 35.5. The van der Waals surface area contributed by atoms with E-state index in [-0.39, 0.29) is 0 Å². The quantitative estimate of drug-likeness (QED) is 0.826. The van der Waals surface area contributed by atoms with Crippen LogP contribution in [0.4, 0.5) is 0 Å². The van der Waals surface area contributed by atoms with Crippen molar-refractivity contribution < 1.29 is 4.74 Å². The number of benzene rings is 1. The van der Waals surface area contributed by atoms with Crippen molar-refractivity contribution in [3.63, 3.8) is 0 Å². The van der Waals surface area contributed by atoms with Gasteiger partial charge < -0.3 is 10.1 Å². The minimum absolute atomic E-state index is 0.625. The van der Waals surface area contributed by atoms with Crippen LogP contribution in [0.25, 0.3) is 0 Å². The molecular weight excluding hydrogens is 222 g/mol. The summed E-state index contributed by atoms with van der Waals surface area (Å²) in [6.45, 7) is 3.29. The van der Waals surface area contributed by atoms with Gasteiger partial charge in [0.2, 0.25) is 0 Å². The molecule has 1 atom stereocenters. The first-order valence-corrected chi connectivity index (χ1v) is 6.02. The molecule has 0 saturated carbocycles. The van der Waals surface area contributed by atoms with Crippen molar-refractivity contribution in [1.82, 2.24) is 5.32 Å². The van der Waals surface area contributed by atoms with Gasteiger partial charge in [-0.2, -0.15) is 0 Å². The first-order valence-electron chi connectivity index (χ1n) is 5.64. The summed E-state index contributed by atoms with van der Waals surface area (Å²) in [5, 5.41) is 3.94. The second-order valence-corrected chi connectivity index (χ2v) is 4.59. The van der Waals surface area contributed by atoms with E-state index in [1.165, 1.54) is 5.56 Å². The molecule has 0 aliphatic rings. The molecule has 0 fully saturated rings. The lowest BCUT2D eigenvalue weighted by Crippen LogP contribution is -2.13. The number of methoxy groups -OCH3 is 1. The van der Waals surface area contributed by atoms with E-state index in [0.29, 0.717) is 5.92 Å². The summed E-state index contributed by atoms with van der Waals surface area (Å²) >= 11 is 5.99. The zero-order valence-corrected chi connectivity index (χ0v) is 11.0. The Balaban J connectivity index is 2.67. The summed E-state index contributed by atoms with van der Waals surface area (Å²) in [5.41, 5.74) is 1.19. The fourth-order valence-electron chi connectivity index (χ4n) is 1.77. The molecule has 0 aromatic heterocycles. The monoisotopic (exact) mass is 241 g/mol. The maximum Gasteiger partial charge on any atom is 0.122 e. The molecule has 0 bridgehead atoms. The van der Waals surface area contributed by atoms with Crippen LogP contribution >= 0.6 is 11.6 Å². The Hall–Kier alpha value is -0.730. The number of hydrogen-bond acceptors (Lipinski definition) is 2. The number of rotatable bonds is 6. The molecule has 0 heterocycles. The van der Waals surface area contributed by atoms with Crippen LogP contribution < -0.4 is 10.1 Å². The number of ether oxygens (including phenoxy) is 1. The van der Waals surface area contributed by atoms with Crippen molar-refractivity contribution in [2.75, 3.05) is 20.7 Å². The van der Waals surface area contributed by atoms with Crippen LogP contribution in [-0.4, -0.2) is 20.7 Å². The highest BCUT2D eigenvalue weighted by Crippen LogP contribution is 2.25. The van der Waals surface area contributed by atoms with E-state index in [4.69, 9.17) is 16.3 Å². The van der Waals surface area contributed by atoms with Crippen LogP contribution in [0, 0.1) is 5.92 Å². The average molecular weight is 242 g/mol. The van der Waals surface area contributed by atoms with E-state index in [9.17, 15) is 0 Å². The lowest BCUT2D eigenvalue weighted by molar-refractivity contribution is 0.403. The summed E-state index contributed by atoms with van der Waals surface area (Å²) in [5.74, 6) is 1.56. The highest BCUT2D eigenvalue weighted by Gasteiger charge is 2.08. The molecule has 1 unspecified atom stereocenters. The molecule has 0 saturated heterocycles. The van der Waals surface area contributed by atoms with Gasteiger partial charge in [0.05, 0.1) is 7.11 Å². The first kappa shape index (κ1) is 13.3. The second kappa shape index (κ2) is 6.77. The van der Waals surface area contributed by atoms with Crippen LogP contribution in [0.5, 0.6) is 5.75 Å². The predicted octanol–water partition coefficient (Wildman–Crippen LogP) is 3.14. The molecule has 0 radical (unpaired) electrons. The summed E-state index contributed by atoms with van der Waals surface area (Å²) in [7, 11) is 3.68. The summed E-state index contributed by atoms with van der Waals surface area (Å²) in [4.78, 5) is 0. The highest BCUT2D eigenvalue weighted by molar-refractivity contribution is 6.30. The molecule has 0 spiro atoms. The molecule has 1 aromatic carbocycles. The third-order valence-electron chi connectivity index (χ3n) is 2.70. The van der Waals surface area contributed by atoms with Gasteiger partial charge in [0.1, 0.15) is 5.75 Å². The molecule has 1 N–H and O–H groups in total. The molecule has 0 aliphatic heterocycles.